The van der Waals surface area contributed by atoms with E-state index in [-0.39, 0.29) is 0 Å². The molecule has 4 nitrogen and oxygen atoms in total. The van der Waals surface area contributed by atoms with Gasteiger partial charge in [-0.25, -0.2) is 9.97 Å². The van der Waals surface area contributed by atoms with E-state index < -0.39 is 0 Å². The molecule has 0 N–H and O–H groups in total. The third-order valence-electron chi connectivity index (χ3n) is 2.58. The van der Waals surface area contributed by atoms with Gasteiger partial charge in [0.1, 0.15) is 6.33 Å². The zero-order valence-electron chi connectivity index (χ0n) is 14.2. The average molecular weight is 308 g/mol. The van der Waals surface area contributed by atoms with Crippen LogP contribution in [0, 0.1) is 13.8 Å². The molecule has 0 spiro atoms. The Balaban J connectivity index is 0.000000321. The smallest absolute Gasteiger partial charge is 0.138 e. The molecule has 0 atom stereocenters. The maximum absolute atomic E-state index is 4.47. The van der Waals surface area contributed by atoms with Crippen LogP contribution in [-0.4, -0.2) is 20.2 Å². The highest BCUT2D eigenvalue weighted by atomic mass is 32.1. The average Bonchev–Trinajstić information content (AvgIpc) is 2.93. The van der Waals surface area contributed by atoms with Crippen molar-refractivity contribution in [1.29, 1.82) is 0 Å². The van der Waals surface area contributed by atoms with Gasteiger partial charge in [-0.05, 0) is 39.5 Å². The van der Waals surface area contributed by atoms with Crippen LogP contribution in [0.25, 0.3) is 0 Å². The van der Waals surface area contributed by atoms with Crippen molar-refractivity contribution in [1.82, 2.24) is 20.2 Å². The van der Waals surface area contributed by atoms with Crippen LogP contribution in [0.2, 0.25) is 0 Å². The minimum atomic E-state index is 0.898. The monoisotopic (exact) mass is 308 g/mol. The van der Waals surface area contributed by atoms with E-state index >= 15 is 0 Å². The summed E-state index contributed by atoms with van der Waals surface area (Å²) in [5.41, 5.74) is 2.28. The topological polar surface area (TPSA) is 51.6 Å². The fourth-order valence-corrected chi connectivity index (χ4v) is 2.80. The van der Waals surface area contributed by atoms with Gasteiger partial charge in [-0.3, -0.25) is 0 Å². The molecule has 0 saturated carbocycles. The highest BCUT2D eigenvalue weighted by Crippen LogP contribution is 2.25. The first-order valence-corrected chi connectivity index (χ1v) is 8.62. The van der Waals surface area contributed by atoms with Gasteiger partial charge in [0.25, 0.3) is 0 Å². The van der Waals surface area contributed by atoms with Crippen LogP contribution < -0.4 is 0 Å². The summed E-state index contributed by atoms with van der Waals surface area (Å²) in [6.45, 7) is 12.0. The number of hydrogen-bond donors (Lipinski definition) is 0. The van der Waals surface area contributed by atoms with Gasteiger partial charge in [0, 0.05) is 4.88 Å². The molecule has 0 amide bonds. The predicted octanol–water partition coefficient (Wildman–Crippen LogP) is 4.56. The van der Waals surface area contributed by atoms with Crippen LogP contribution in [0.4, 0.5) is 0 Å². The van der Waals surface area contributed by atoms with Crippen molar-refractivity contribution in [2.24, 2.45) is 0 Å². The molecule has 21 heavy (non-hydrogen) atoms. The molecular weight excluding hydrogens is 280 g/mol. The van der Waals surface area contributed by atoms with Gasteiger partial charge >= 0.3 is 0 Å². The van der Waals surface area contributed by atoms with Crippen molar-refractivity contribution >= 4 is 11.3 Å². The van der Waals surface area contributed by atoms with Crippen LogP contribution in [0.3, 0.4) is 0 Å². The molecule has 1 aliphatic rings. The van der Waals surface area contributed by atoms with Gasteiger partial charge in [0.2, 0.25) is 0 Å². The Labute approximate surface area is 133 Å². The van der Waals surface area contributed by atoms with Crippen molar-refractivity contribution in [2.75, 3.05) is 0 Å². The number of fused-ring (bicyclic) bond motifs is 1. The largest absolute Gasteiger partial charge is 0.246 e. The minimum Gasteiger partial charge on any atom is -0.246 e. The van der Waals surface area contributed by atoms with E-state index in [0.29, 0.717) is 0 Å². The van der Waals surface area contributed by atoms with Crippen molar-refractivity contribution in [2.45, 2.75) is 67.2 Å². The molecule has 3 rings (SSSR count). The second kappa shape index (κ2) is 12.4. The zero-order chi connectivity index (χ0) is 16.1. The van der Waals surface area contributed by atoms with Gasteiger partial charge in [0.05, 0.1) is 22.6 Å². The number of nitrogens with zero attached hydrogens (tertiary/aromatic N) is 4. The minimum absolute atomic E-state index is 0.898. The molecule has 0 bridgehead atoms. The fraction of sp³-hybridized carbons (Fsp3) is 0.625. The van der Waals surface area contributed by atoms with Gasteiger partial charge < -0.3 is 0 Å². The van der Waals surface area contributed by atoms with Crippen LogP contribution in [0.5, 0.6) is 0 Å². The van der Waals surface area contributed by atoms with Crippen molar-refractivity contribution in [3.8, 4) is 0 Å². The second-order valence-electron chi connectivity index (χ2n) is 4.06. The summed E-state index contributed by atoms with van der Waals surface area (Å²) in [7, 11) is 0. The lowest BCUT2D eigenvalue weighted by molar-refractivity contribution is 0.681. The van der Waals surface area contributed by atoms with E-state index in [2.05, 4.69) is 27.1 Å². The second-order valence-corrected chi connectivity index (χ2v) is 5.34. The van der Waals surface area contributed by atoms with E-state index in [9.17, 15) is 0 Å². The first kappa shape index (κ1) is 19.6. The Morgan fingerprint density at radius 2 is 1.62 bits per heavy atom. The lowest BCUT2D eigenvalue weighted by atomic mass is 10.0. The van der Waals surface area contributed by atoms with E-state index in [0.717, 1.165) is 5.69 Å². The van der Waals surface area contributed by atoms with E-state index in [1.165, 1.54) is 42.7 Å². The van der Waals surface area contributed by atoms with Gasteiger partial charge in [-0.1, -0.05) is 27.7 Å². The van der Waals surface area contributed by atoms with E-state index in [1.54, 1.807) is 11.1 Å². The normalized spacial score (nSPS) is 11.5. The predicted molar refractivity (Wildman–Crippen MR) is 90.8 cm³/mol. The Kier molecular flexibility index (Phi) is 11.6. The molecule has 1 aliphatic carbocycles. The number of aromatic nitrogens is 4. The molecule has 2 heterocycles. The summed E-state index contributed by atoms with van der Waals surface area (Å²) in [5.74, 6) is 0. The van der Waals surface area contributed by atoms with Gasteiger partial charge in [0.15, 0.2) is 0 Å². The maximum Gasteiger partial charge on any atom is 0.138 e. The number of rotatable bonds is 0. The highest BCUT2D eigenvalue weighted by Gasteiger charge is 2.12. The molecule has 0 saturated heterocycles. The van der Waals surface area contributed by atoms with Crippen molar-refractivity contribution < 1.29 is 0 Å². The Morgan fingerprint density at radius 1 is 0.952 bits per heavy atom. The summed E-state index contributed by atoms with van der Waals surface area (Å²) >= 11 is 1.88. The van der Waals surface area contributed by atoms with Crippen LogP contribution in [-0.2, 0) is 12.8 Å². The zero-order valence-corrected chi connectivity index (χ0v) is 15.0. The quantitative estimate of drug-likeness (QED) is 0.715. The SMILES string of the molecule is CC.CC.Cc1cnncn1.Cc1nc2c(s1)CCCC2. The molecule has 2 aromatic rings. The van der Waals surface area contributed by atoms with Crippen molar-refractivity contribution in [3.05, 3.63) is 33.8 Å². The molecule has 118 valence electrons. The third kappa shape index (κ3) is 7.85. The third-order valence-corrected chi connectivity index (χ3v) is 3.65. The molecule has 0 aromatic carbocycles. The number of aryl methyl sites for hydroxylation is 4. The van der Waals surface area contributed by atoms with Gasteiger partial charge in [-0.15, -0.1) is 16.4 Å². The van der Waals surface area contributed by atoms with Crippen molar-refractivity contribution in [3.63, 3.8) is 0 Å². The highest BCUT2D eigenvalue weighted by molar-refractivity contribution is 7.11. The Bertz CT molecular complexity index is 445. The molecule has 0 aliphatic heterocycles. The lowest BCUT2D eigenvalue weighted by Gasteiger charge is -2.06. The van der Waals surface area contributed by atoms with E-state index in [4.69, 9.17) is 0 Å². The first-order valence-electron chi connectivity index (χ1n) is 7.80. The molecule has 5 heteroatoms. The number of hydrogen-bond acceptors (Lipinski definition) is 5. The fourth-order valence-electron chi connectivity index (χ4n) is 1.78. The maximum atomic E-state index is 4.47. The first-order chi connectivity index (χ1) is 10.3. The van der Waals surface area contributed by atoms with E-state index in [1.807, 2.05) is 46.0 Å². The summed E-state index contributed by atoms with van der Waals surface area (Å²) < 4.78 is 0. The Hall–Kier alpha value is -1.36. The molecule has 0 unspecified atom stereocenters. The summed E-state index contributed by atoms with van der Waals surface area (Å²) in [4.78, 5) is 9.82. The molecule has 0 radical (unpaired) electrons. The van der Waals surface area contributed by atoms with Crippen LogP contribution in [0.1, 0.15) is 61.8 Å². The lowest BCUT2D eigenvalue weighted by Crippen LogP contribution is -1.98. The number of thiazole rings is 1. The summed E-state index contributed by atoms with van der Waals surface area (Å²) in [6, 6.07) is 0. The summed E-state index contributed by atoms with van der Waals surface area (Å²) in [5, 5.41) is 8.30. The molecule has 0 fully saturated rings. The Morgan fingerprint density at radius 3 is 2.10 bits per heavy atom. The molecular formula is C16H28N4S. The standard InChI is InChI=1S/C8H11NS.C4H5N3.2C2H6/c1-6-9-7-4-2-3-5-8(7)10-6;1-4-2-6-7-3-5-4;2*1-2/h2-5H2,1H3;2-3H,1H3;2*1-2H3. The summed E-state index contributed by atoms with van der Waals surface area (Å²) in [6.07, 6.45) is 8.25. The van der Waals surface area contributed by atoms with Crippen LogP contribution in [0.15, 0.2) is 12.5 Å². The van der Waals surface area contributed by atoms with Crippen LogP contribution >= 0.6 is 11.3 Å². The molecule has 2 aromatic heterocycles. The van der Waals surface area contributed by atoms with Gasteiger partial charge in [-0.2, -0.15) is 5.10 Å².